The van der Waals surface area contributed by atoms with Crippen molar-refractivity contribution in [3.05, 3.63) is 47.6 Å². The maximum absolute atomic E-state index is 13.2. The van der Waals surface area contributed by atoms with Crippen molar-refractivity contribution in [1.29, 1.82) is 0 Å². The van der Waals surface area contributed by atoms with E-state index in [1.165, 1.54) is 0 Å². The molecule has 2 saturated heterocycles. The average molecular weight is 858 g/mol. The molecule has 3 unspecified atom stereocenters. The molecule has 3 fully saturated rings. The molecule has 0 aromatic heterocycles. The van der Waals surface area contributed by atoms with Crippen molar-refractivity contribution in [3.63, 3.8) is 0 Å². The number of nitrogens with two attached hydrogens (primary N) is 2. The number of Topliss-reactive ketones (excluding diaryl/α,β-unsaturated/α-hetero) is 2. The van der Waals surface area contributed by atoms with Gasteiger partial charge in [-0.1, -0.05) is 57.2 Å². The van der Waals surface area contributed by atoms with Crippen LogP contribution in [0.2, 0.25) is 0 Å². The lowest BCUT2D eigenvalue weighted by molar-refractivity contribution is -0.157. The Bertz CT molecular complexity index is 1500. The topological polar surface area (TPSA) is 201 Å². The summed E-state index contributed by atoms with van der Waals surface area (Å²) in [5.41, 5.74) is 13.3. The Morgan fingerprint density at radius 1 is 0.803 bits per heavy atom. The number of hydrogen-bond acceptors (Lipinski definition) is 11. The molecular formula is C48H79N3O10. The summed E-state index contributed by atoms with van der Waals surface area (Å²) in [6.45, 7) is 10.9. The minimum Gasteiger partial charge on any atom is -0.446 e. The largest absolute Gasteiger partial charge is 0.446 e. The number of piperidine rings is 1. The van der Waals surface area contributed by atoms with Crippen molar-refractivity contribution < 1.29 is 48.3 Å². The van der Waals surface area contributed by atoms with Crippen LogP contribution in [0.15, 0.2) is 47.6 Å². The number of rotatable bonds is 24. The summed E-state index contributed by atoms with van der Waals surface area (Å²) < 4.78 is 22.9. The van der Waals surface area contributed by atoms with Crippen molar-refractivity contribution in [3.8, 4) is 0 Å². The third kappa shape index (κ3) is 17.8. The molecule has 10 atom stereocenters. The summed E-state index contributed by atoms with van der Waals surface area (Å²) in [5, 5.41) is 21.8. The van der Waals surface area contributed by atoms with E-state index in [4.69, 9.17) is 30.4 Å². The first-order valence-electron chi connectivity index (χ1n) is 22.9. The van der Waals surface area contributed by atoms with Gasteiger partial charge in [0.15, 0.2) is 5.78 Å². The van der Waals surface area contributed by atoms with Crippen LogP contribution < -0.4 is 11.5 Å². The van der Waals surface area contributed by atoms with Crippen LogP contribution >= 0.6 is 0 Å². The number of amides is 2. The number of carbonyl (C=O) groups excluding carboxylic acids is 4. The number of likely N-dealkylation sites (tertiary alicyclic amines) is 1. The Hall–Kier alpha value is -3.20. The molecule has 1 aliphatic carbocycles. The lowest BCUT2D eigenvalue weighted by Gasteiger charge is -2.33. The Kier molecular flexibility index (Phi) is 23.2. The lowest BCUT2D eigenvalue weighted by Crippen LogP contribution is -2.46. The summed E-state index contributed by atoms with van der Waals surface area (Å²) in [5.74, 6) is -1.13. The summed E-state index contributed by atoms with van der Waals surface area (Å²) in [4.78, 5) is 51.7. The van der Waals surface area contributed by atoms with Crippen molar-refractivity contribution in [1.82, 2.24) is 4.90 Å². The quantitative estimate of drug-likeness (QED) is 0.0459. The zero-order valence-corrected chi connectivity index (χ0v) is 38.2. The van der Waals surface area contributed by atoms with Crippen molar-refractivity contribution in [2.75, 3.05) is 27.3 Å². The summed E-state index contributed by atoms with van der Waals surface area (Å²) in [6, 6.07) is -0.137. The molecule has 0 bridgehead atoms. The minimum absolute atomic E-state index is 0.0493. The van der Waals surface area contributed by atoms with Gasteiger partial charge < -0.3 is 45.5 Å². The number of hydrogen-bond donors (Lipinski definition) is 4. The number of aliphatic hydroxyl groups is 2. The van der Waals surface area contributed by atoms with Gasteiger partial charge in [-0.3, -0.25) is 14.4 Å². The van der Waals surface area contributed by atoms with Crippen LogP contribution in [0.4, 0.5) is 4.79 Å². The first-order valence-corrected chi connectivity index (χ1v) is 22.9. The highest BCUT2D eigenvalue weighted by atomic mass is 16.6. The molecule has 2 heterocycles. The highest BCUT2D eigenvalue weighted by molar-refractivity contribution is 6.37. The van der Waals surface area contributed by atoms with Gasteiger partial charge in [-0.15, -0.1) is 0 Å². The van der Waals surface area contributed by atoms with Gasteiger partial charge in [0.05, 0.1) is 18.3 Å². The number of carbonyl (C=O) groups is 4. The highest BCUT2D eigenvalue weighted by Gasteiger charge is 2.36. The lowest BCUT2D eigenvalue weighted by atomic mass is 9.82. The van der Waals surface area contributed by atoms with Crippen LogP contribution in [0.3, 0.4) is 0 Å². The first kappa shape index (κ1) is 52.1. The van der Waals surface area contributed by atoms with E-state index in [0.717, 1.165) is 82.6 Å². The predicted octanol–water partition coefficient (Wildman–Crippen LogP) is 6.67. The van der Waals surface area contributed by atoms with Crippen molar-refractivity contribution >= 4 is 23.6 Å². The van der Waals surface area contributed by atoms with E-state index >= 15 is 0 Å². The number of allylic oxidation sites excluding steroid dienone is 6. The van der Waals surface area contributed by atoms with E-state index in [2.05, 4.69) is 0 Å². The van der Waals surface area contributed by atoms with E-state index in [0.29, 0.717) is 43.8 Å². The molecule has 2 aliphatic heterocycles. The van der Waals surface area contributed by atoms with Gasteiger partial charge in [0.1, 0.15) is 24.4 Å². The standard InChI is InChI=1S/C48H79N3O10/c1-31(15-10-8-11-16-33(3)42(59-7)30-38-17-14-18-41(60-38)45(54)47(56)51-25-12-9-13-26-51)27-34(4)43(52)46(55)44(53)35(5)28-32(2)19-24-40(58-6)39(49)29-36-20-22-37(23-21-36)61-48(50)57/h8,10-11,15-16,28,31-32,34,36-42,44,46,53,55H,9,12-14,17-27,29-30,49H2,1-7H3,(H2,50,57)/b11-8+,15-10+,33-16+,35-28+/t31-,32?,34-,36-,37-,38+,39-,40?,41?,42+,44-,46+/m1/s1. The molecule has 3 aliphatic rings. The summed E-state index contributed by atoms with van der Waals surface area (Å²) in [6.07, 6.45) is 18.9. The maximum Gasteiger partial charge on any atom is 0.404 e. The molecule has 0 aromatic carbocycles. The molecule has 6 N–H and O–H groups in total. The van der Waals surface area contributed by atoms with E-state index in [-0.39, 0.29) is 48.1 Å². The highest BCUT2D eigenvalue weighted by Crippen LogP contribution is 2.31. The molecule has 3 rings (SSSR count). The Labute approximate surface area is 365 Å². The number of ether oxygens (including phenoxy) is 4. The molecule has 346 valence electrons. The Morgan fingerprint density at radius 3 is 2.13 bits per heavy atom. The molecule has 61 heavy (non-hydrogen) atoms. The fourth-order valence-corrected chi connectivity index (χ4v) is 9.20. The van der Waals surface area contributed by atoms with Crippen LogP contribution in [0, 0.1) is 23.7 Å². The van der Waals surface area contributed by atoms with Crippen molar-refractivity contribution in [2.45, 2.75) is 180 Å². The molecule has 0 radical (unpaired) electrons. The van der Waals surface area contributed by atoms with Gasteiger partial charge in [0, 0.05) is 45.7 Å². The Morgan fingerprint density at radius 2 is 1.49 bits per heavy atom. The summed E-state index contributed by atoms with van der Waals surface area (Å²) in [7, 11) is 3.33. The zero-order valence-electron chi connectivity index (χ0n) is 38.2. The molecule has 0 aromatic rings. The van der Waals surface area contributed by atoms with Crippen LogP contribution in [-0.4, -0.2) is 115 Å². The van der Waals surface area contributed by atoms with Gasteiger partial charge in [-0.25, -0.2) is 4.79 Å². The Balaban J connectivity index is 1.40. The van der Waals surface area contributed by atoms with Crippen LogP contribution in [0.25, 0.3) is 0 Å². The predicted molar refractivity (Wildman–Crippen MR) is 237 cm³/mol. The molecular weight excluding hydrogens is 779 g/mol. The fraction of sp³-hybridized carbons (Fsp3) is 0.750. The number of primary amides is 1. The zero-order chi connectivity index (χ0) is 45.1. The van der Waals surface area contributed by atoms with Crippen LogP contribution in [-0.2, 0) is 33.3 Å². The third-order valence-corrected chi connectivity index (χ3v) is 13.0. The number of aliphatic hydroxyl groups excluding tert-OH is 2. The van der Waals surface area contributed by atoms with E-state index < -0.39 is 42.0 Å². The summed E-state index contributed by atoms with van der Waals surface area (Å²) >= 11 is 0. The molecule has 0 spiro atoms. The van der Waals surface area contributed by atoms with Gasteiger partial charge in [0.25, 0.3) is 5.91 Å². The van der Waals surface area contributed by atoms with E-state index in [9.17, 15) is 29.4 Å². The molecule has 13 nitrogen and oxygen atoms in total. The second-order valence-corrected chi connectivity index (χ2v) is 18.2. The first-order chi connectivity index (χ1) is 29.0. The average Bonchev–Trinajstić information content (AvgIpc) is 3.24. The number of ketones is 2. The minimum atomic E-state index is -1.52. The van der Waals surface area contributed by atoms with E-state index in [1.807, 2.05) is 57.2 Å². The van der Waals surface area contributed by atoms with Gasteiger partial charge in [-0.05, 0) is 133 Å². The van der Waals surface area contributed by atoms with Gasteiger partial charge in [0.2, 0.25) is 5.78 Å². The van der Waals surface area contributed by atoms with Crippen molar-refractivity contribution in [2.24, 2.45) is 35.1 Å². The number of methoxy groups -OCH3 is 2. The molecule has 1 saturated carbocycles. The monoisotopic (exact) mass is 858 g/mol. The maximum atomic E-state index is 13.2. The SMILES string of the molecule is COC(CCC(C)/C=C(\C)[C@@H](O)[C@@H](O)C(=O)[C@H](C)C[C@H](C)/C=C/C=C/C=C(\C)[C@H](C[C@@H]1CCCC(C(=O)C(=O)N2CCCCC2)O1)OC)[C@H](N)C[C@H]1CC[C@H](OC(N)=O)CC1. The second kappa shape index (κ2) is 27.1. The van der Waals surface area contributed by atoms with Gasteiger partial charge in [-0.2, -0.15) is 0 Å². The second-order valence-electron chi connectivity index (χ2n) is 18.2. The molecule has 2 amide bonds. The number of nitrogens with zero attached hydrogens (tertiary/aromatic N) is 1. The fourth-order valence-electron chi connectivity index (χ4n) is 9.20. The van der Waals surface area contributed by atoms with Gasteiger partial charge >= 0.3 is 6.09 Å². The van der Waals surface area contributed by atoms with E-state index in [1.54, 1.807) is 33.0 Å². The smallest absolute Gasteiger partial charge is 0.404 e. The normalized spacial score (nSPS) is 26.0. The third-order valence-electron chi connectivity index (χ3n) is 13.0. The van der Waals surface area contributed by atoms with Crippen LogP contribution in [0.1, 0.15) is 131 Å². The molecule has 13 heteroatoms. The van der Waals surface area contributed by atoms with Crippen LogP contribution in [0.5, 0.6) is 0 Å².